The van der Waals surface area contributed by atoms with Crippen LogP contribution >= 0.6 is 24.0 Å². The molecule has 1 aliphatic heterocycles. The molecule has 0 aromatic heterocycles. The van der Waals surface area contributed by atoms with Crippen LogP contribution in [0.3, 0.4) is 0 Å². The summed E-state index contributed by atoms with van der Waals surface area (Å²) in [6, 6.07) is 6.71. The Balaban J connectivity index is 0.00000220. The van der Waals surface area contributed by atoms with E-state index in [0.717, 1.165) is 5.69 Å². The number of amides is 2. The van der Waals surface area contributed by atoms with Gasteiger partial charge in [-0.3, -0.25) is 9.59 Å². The molecule has 1 unspecified atom stereocenters. The van der Waals surface area contributed by atoms with Gasteiger partial charge in [0.15, 0.2) is 0 Å². The summed E-state index contributed by atoms with van der Waals surface area (Å²) in [5.74, 6) is -0.166. The Morgan fingerprint density at radius 1 is 1.38 bits per heavy atom. The van der Waals surface area contributed by atoms with Gasteiger partial charge in [-0.1, -0.05) is 11.6 Å². The van der Waals surface area contributed by atoms with Gasteiger partial charge in [0, 0.05) is 30.2 Å². The number of anilines is 1. The average molecular weight is 332 g/mol. The number of hydrogen-bond donors (Lipinski definition) is 2. The van der Waals surface area contributed by atoms with E-state index in [1.165, 1.54) is 0 Å². The number of benzene rings is 1. The van der Waals surface area contributed by atoms with Crippen LogP contribution in [0.4, 0.5) is 5.69 Å². The van der Waals surface area contributed by atoms with Crippen molar-refractivity contribution in [1.82, 2.24) is 10.6 Å². The number of hydrogen-bond acceptors (Lipinski definition) is 3. The van der Waals surface area contributed by atoms with Crippen molar-refractivity contribution >= 4 is 41.5 Å². The Bertz CT molecular complexity index is 493. The molecule has 1 saturated heterocycles. The third-order valence-electron chi connectivity index (χ3n) is 3.28. The molecule has 5 nitrogen and oxygen atoms in total. The Labute approximate surface area is 135 Å². The van der Waals surface area contributed by atoms with Gasteiger partial charge in [-0.2, -0.15) is 0 Å². The fraction of sp³-hybridized carbons (Fsp3) is 0.429. The summed E-state index contributed by atoms with van der Waals surface area (Å²) >= 11 is 5.83. The Morgan fingerprint density at radius 2 is 2.05 bits per heavy atom. The normalized spacial score (nSPS) is 17.5. The number of nitrogens with one attached hydrogen (secondary N) is 2. The van der Waals surface area contributed by atoms with E-state index >= 15 is 0 Å². The number of halogens is 2. The van der Waals surface area contributed by atoms with Crippen LogP contribution < -0.4 is 15.5 Å². The van der Waals surface area contributed by atoms with Gasteiger partial charge in [0.05, 0.1) is 0 Å². The predicted octanol–water partition coefficient (Wildman–Crippen LogP) is 1.59. The number of nitrogens with zero attached hydrogens (tertiary/aromatic N) is 1. The van der Waals surface area contributed by atoms with E-state index in [0.29, 0.717) is 31.0 Å². The average Bonchev–Trinajstić information content (AvgIpc) is 2.79. The highest BCUT2D eigenvalue weighted by molar-refractivity contribution is 6.30. The lowest BCUT2D eigenvalue weighted by Crippen LogP contribution is -2.42. The summed E-state index contributed by atoms with van der Waals surface area (Å²) in [4.78, 5) is 25.6. The molecule has 2 amide bonds. The molecule has 0 spiro atoms. The van der Waals surface area contributed by atoms with Gasteiger partial charge in [0.2, 0.25) is 11.8 Å². The van der Waals surface area contributed by atoms with Gasteiger partial charge in [-0.15, -0.1) is 12.4 Å². The van der Waals surface area contributed by atoms with Crippen molar-refractivity contribution in [2.75, 3.05) is 25.0 Å². The van der Waals surface area contributed by atoms with Crippen LogP contribution in [0.15, 0.2) is 24.3 Å². The molecule has 1 atom stereocenters. The monoisotopic (exact) mass is 331 g/mol. The van der Waals surface area contributed by atoms with Crippen LogP contribution in [0.25, 0.3) is 0 Å². The third kappa shape index (κ3) is 4.59. The molecule has 1 heterocycles. The quantitative estimate of drug-likeness (QED) is 0.861. The Kier molecular flexibility index (Phi) is 6.95. The van der Waals surface area contributed by atoms with Crippen molar-refractivity contribution in [3.05, 3.63) is 29.3 Å². The molecule has 0 saturated carbocycles. The minimum atomic E-state index is -0.421. The Hall–Kier alpha value is -1.30. The van der Waals surface area contributed by atoms with Crippen LogP contribution in [-0.2, 0) is 9.59 Å². The molecule has 2 N–H and O–H groups in total. The molecule has 1 aromatic carbocycles. The highest BCUT2D eigenvalue weighted by atomic mass is 35.5. The van der Waals surface area contributed by atoms with Crippen molar-refractivity contribution in [3.63, 3.8) is 0 Å². The first kappa shape index (κ1) is 17.8. The zero-order valence-electron chi connectivity index (χ0n) is 11.8. The second kappa shape index (κ2) is 8.22. The summed E-state index contributed by atoms with van der Waals surface area (Å²) in [5, 5.41) is 6.32. The van der Waals surface area contributed by atoms with E-state index < -0.39 is 6.04 Å². The van der Waals surface area contributed by atoms with Crippen LogP contribution in [0.2, 0.25) is 5.02 Å². The summed E-state index contributed by atoms with van der Waals surface area (Å²) in [5.41, 5.74) is 0.811. The molecule has 0 aliphatic carbocycles. The lowest BCUT2D eigenvalue weighted by Gasteiger charge is -2.17. The zero-order valence-corrected chi connectivity index (χ0v) is 13.3. The molecule has 21 heavy (non-hydrogen) atoms. The third-order valence-corrected chi connectivity index (χ3v) is 3.53. The number of carbonyl (C=O) groups excluding carboxylic acids is 2. The summed E-state index contributed by atoms with van der Waals surface area (Å²) in [6.45, 7) is 1.21. The SMILES string of the molecule is CNCCC(=O)NC1CCN(c2ccc(Cl)cc2)C1=O.Cl. The molecule has 116 valence electrons. The molecule has 0 radical (unpaired) electrons. The van der Waals surface area contributed by atoms with Gasteiger partial charge in [-0.25, -0.2) is 0 Å². The molecule has 2 rings (SSSR count). The van der Waals surface area contributed by atoms with E-state index in [2.05, 4.69) is 10.6 Å². The van der Waals surface area contributed by atoms with E-state index in [4.69, 9.17) is 11.6 Å². The number of rotatable bonds is 5. The molecular formula is C14H19Cl2N3O2. The van der Waals surface area contributed by atoms with Crippen molar-refractivity contribution in [1.29, 1.82) is 0 Å². The van der Waals surface area contributed by atoms with Crippen molar-refractivity contribution in [3.8, 4) is 0 Å². The highest BCUT2D eigenvalue weighted by Gasteiger charge is 2.33. The topological polar surface area (TPSA) is 61.4 Å². The molecule has 1 aromatic rings. The summed E-state index contributed by atoms with van der Waals surface area (Å²) in [6.07, 6.45) is 1.01. The van der Waals surface area contributed by atoms with Gasteiger partial charge >= 0.3 is 0 Å². The van der Waals surface area contributed by atoms with Gasteiger partial charge < -0.3 is 15.5 Å². The second-order valence-corrected chi connectivity index (χ2v) is 5.17. The minimum absolute atomic E-state index is 0. The molecule has 1 aliphatic rings. The fourth-order valence-corrected chi connectivity index (χ4v) is 2.32. The molecular weight excluding hydrogens is 313 g/mol. The maximum Gasteiger partial charge on any atom is 0.249 e. The van der Waals surface area contributed by atoms with Gasteiger partial charge in [0.25, 0.3) is 0 Å². The molecule has 0 bridgehead atoms. The standard InChI is InChI=1S/C14H18ClN3O2.ClH/c1-16-8-6-13(19)17-12-7-9-18(14(12)20)11-4-2-10(15)3-5-11;/h2-5,12,16H,6-9H2,1H3,(H,17,19);1H. The smallest absolute Gasteiger partial charge is 0.249 e. The molecule has 7 heteroatoms. The maximum absolute atomic E-state index is 12.3. The second-order valence-electron chi connectivity index (χ2n) is 4.73. The van der Waals surface area contributed by atoms with Crippen LogP contribution in [0.5, 0.6) is 0 Å². The maximum atomic E-state index is 12.3. The minimum Gasteiger partial charge on any atom is -0.344 e. The van der Waals surface area contributed by atoms with Crippen molar-refractivity contribution in [2.45, 2.75) is 18.9 Å². The first-order chi connectivity index (χ1) is 9.61. The van der Waals surface area contributed by atoms with Gasteiger partial charge in [0.1, 0.15) is 6.04 Å². The van der Waals surface area contributed by atoms with Gasteiger partial charge in [-0.05, 0) is 37.7 Å². The largest absolute Gasteiger partial charge is 0.344 e. The lowest BCUT2D eigenvalue weighted by molar-refractivity contribution is -0.126. The summed E-state index contributed by atoms with van der Waals surface area (Å²) < 4.78 is 0. The van der Waals surface area contributed by atoms with Crippen LogP contribution in [0.1, 0.15) is 12.8 Å². The van der Waals surface area contributed by atoms with E-state index in [-0.39, 0.29) is 24.2 Å². The van der Waals surface area contributed by atoms with E-state index in [9.17, 15) is 9.59 Å². The summed E-state index contributed by atoms with van der Waals surface area (Å²) in [7, 11) is 1.79. The fourth-order valence-electron chi connectivity index (χ4n) is 2.20. The molecule has 1 fully saturated rings. The Morgan fingerprint density at radius 3 is 2.67 bits per heavy atom. The van der Waals surface area contributed by atoms with Crippen molar-refractivity contribution < 1.29 is 9.59 Å². The number of carbonyl (C=O) groups is 2. The van der Waals surface area contributed by atoms with Crippen molar-refractivity contribution in [2.24, 2.45) is 0 Å². The van der Waals surface area contributed by atoms with Crippen LogP contribution in [-0.4, -0.2) is 38.0 Å². The van der Waals surface area contributed by atoms with Crippen LogP contribution in [0, 0.1) is 0 Å². The zero-order chi connectivity index (χ0) is 14.5. The lowest BCUT2D eigenvalue weighted by atomic mass is 10.2. The first-order valence-electron chi connectivity index (χ1n) is 6.62. The highest BCUT2D eigenvalue weighted by Crippen LogP contribution is 2.23. The van der Waals surface area contributed by atoms with E-state index in [1.54, 1.807) is 24.1 Å². The van der Waals surface area contributed by atoms with E-state index in [1.807, 2.05) is 12.1 Å². The first-order valence-corrected chi connectivity index (χ1v) is 7.00. The predicted molar refractivity (Wildman–Crippen MR) is 86.1 cm³/mol.